The second-order valence-electron chi connectivity index (χ2n) is 6.76. The number of halogens is 1. The maximum Gasteiger partial charge on any atom is 0.0931 e. The predicted molar refractivity (Wildman–Crippen MR) is 89.7 cm³/mol. The van der Waals surface area contributed by atoms with Crippen LogP contribution >= 0.6 is 22.9 Å². The third-order valence-corrected chi connectivity index (χ3v) is 5.73. The first-order valence-electron chi connectivity index (χ1n) is 7.61. The molecule has 114 valence electrons. The summed E-state index contributed by atoms with van der Waals surface area (Å²) in [4.78, 5) is 3.85. The van der Waals surface area contributed by atoms with Crippen LogP contribution in [0, 0.1) is 5.41 Å². The van der Waals surface area contributed by atoms with Crippen molar-refractivity contribution in [3.63, 3.8) is 0 Å². The summed E-state index contributed by atoms with van der Waals surface area (Å²) >= 11 is 7.59. The van der Waals surface area contributed by atoms with Gasteiger partial charge in [0.1, 0.15) is 0 Å². The molecule has 0 aliphatic heterocycles. The highest BCUT2D eigenvalue weighted by Crippen LogP contribution is 2.36. The van der Waals surface area contributed by atoms with E-state index < -0.39 is 0 Å². The fourth-order valence-electron chi connectivity index (χ4n) is 2.92. The van der Waals surface area contributed by atoms with Crippen molar-refractivity contribution < 1.29 is 0 Å². The Labute approximate surface area is 132 Å². The van der Waals surface area contributed by atoms with Gasteiger partial charge in [0, 0.05) is 30.6 Å². The summed E-state index contributed by atoms with van der Waals surface area (Å²) in [6.45, 7) is 7.91. The van der Waals surface area contributed by atoms with Gasteiger partial charge >= 0.3 is 0 Å². The van der Waals surface area contributed by atoms with Gasteiger partial charge in [-0.3, -0.25) is 0 Å². The number of likely N-dealkylation sites (N-methyl/N-ethyl adjacent to an activating group) is 1. The van der Waals surface area contributed by atoms with Crippen molar-refractivity contribution in [3.8, 4) is 0 Å². The van der Waals surface area contributed by atoms with Crippen LogP contribution in [0.15, 0.2) is 12.1 Å². The van der Waals surface area contributed by atoms with Crippen molar-refractivity contribution in [3.05, 3.63) is 21.3 Å². The minimum absolute atomic E-state index is 0.564. The van der Waals surface area contributed by atoms with Crippen LogP contribution in [0.4, 0.5) is 0 Å². The van der Waals surface area contributed by atoms with Crippen molar-refractivity contribution in [2.24, 2.45) is 5.41 Å². The summed E-state index contributed by atoms with van der Waals surface area (Å²) in [6.07, 6.45) is 5.43. The summed E-state index contributed by atoms with van der Waals surface area (Å²) in [5.74, 6) is 0. The van der Waals surface area contributed by atoms with Gasteiger partial charge in [-0.15, -0.1) is 11.3 Å². The monoisotopic (exact) mass is 314 g/mol. The van der Waals surface area contributed by atoms with E-state index in [2.05, 4.69) is 37.2 Å². The van der Waals surface area contributed by atoms with Crippen LogP contribution in [-0.2, 0) is 6.54 Å². The van der Waals surface area contributed by atoms with Gasteiger partial charge < -0.3 is 10.2 Å². The van der Waals surface area contributed by atoms with Gasteiger partial charge in [0.05, 0.1) is 4.34 Å². The molecule has 0 spiro atoms. The Morgan fingerprint density at radius 2 is 2.05 bits per heavy atom. The molecule has 2 rings (SSSR count). The molecule has 0 amide bonds. The van der Waals surface area contributed by atoms with E-state index in [0.29, 0.717) is 5.41 Å². The Balaban J connectivity index is 1.62. The molecule has 0 radical (unpaired) electrons. The maximum atomic E-state index is 5.93. The summed E-state index contributed by atoms with van der Waals surface area (Å²) in [5, 5.41) is 3.51. The van der Waals surface area contributed by atoms with Gasteiger partial charge in [-0.1, -0.05) is 25.4 Å². The van der Waals surface area contributed by atoms with Crippen molar-refractivity contribution in [2.45, 2.75) is 52.1 Å². The quantitative estimate of drug-likeness (QED) is 0.783. The number of hydrogen-bond acceptors (Lipinski definition) is 3. The fraction of sp³-hybridized carbons (Fsp3) is 0.750. The molecule has 4 heteroatoms. The Bertz CT molecular complexity index is 406. The van der Waals surface area contributed by atoms with Gasteiger partial charge in [-0.2, -0.15) is 0 Å². The highest BCUT2D eigenvalue weighted by Gasteiger charge is 2.28. The Hall–Kier alpha value is -0.0900. The summed E-state index contributed by atoms with van der Waals surface area (Å²) in [6, 6.07) is 4.85. The van der Waals surface area contributed by atoms with E-state index in [0.717, 1.165) is 30.0 Å². The van der Waals surface area contributed by atoms with Crippen LogP contribution in [0.1, 0.15) is 44.4 Å². The van der Waals surface area contributed by atoms with E-state index >= 15 is 0 Å². The largest absolute Gasteiger partial charge is 0.311 e. The van der Waals surface area contributed by atoms with Crippen molar-refractivity contribution in [1.82, 2.24) is 10.2 Å². The van der Waals surface area contributed by atoms with Crippen LogP contribution in [-0.4, -0.2) is 31.1 Å². The van der Waals surface area contributed by atoms with E-state index in [4.69, 9.17) is 11.6 Å². The van der Waals surface area contributed by atoms with E-state index in [1.807, 2.05) is 6.07 Å². The zero-order chi connectivity index (χ0) is 14.6. The lowest BCUT2D eigenvalue weighted by molar-refractivity contribution is 0.128. The molecule has 1 fully saturated rings. The van der Waals surface area contributed by atoms with E-state index in [-0.39, 0.29) is 0 Å². The van der Waals surface area contributed by atoms with Crippen molar-refractivity contribution >= 4 is 22.9 Å². The summed E-state index contributed by atoms with van der Waals surface area (Å²) in [7, 11) is 2.27. The SMILES string of the molecule is CN(CCNCc1ccc(Cl)s1)C1CCC(C)(C)CC1. The Morgan fingerprint density at radius 3 is 2.65 bits per heavy atom. The van der Waals surface area contributed by atoms with Gasteiger partial charge in [0.15, 0.2) is 0 Å². The lowest BCUT2D eigenvalue weighted by Crippen LogP contribution is -2.40. The van der Waals surface area contributed by atoms with Gasteiger partial charge in [-0.25, -0.2) is 0 Å². The predicted octanol–water partition coefficient (Wildman–Crippen LogP) is 4.39. The Morgan fingerprint density at radius 1 is 1.35 bits per heavy atom. The molecule has 1 N–H and O–H groups in total. The molecule has 20 heavy (non-hydrogen) atoms. The van der Waals surface area contributed by atoms with E-state index in [1.54, 1.807) is 11.3 Å². The zero-order valence-electron chi connectivity index (χ0n) is 12.9. The lowest BCUT2D eigenvalue weighted by Gasteiger charge is -2.38. The minimum atomic E-state index is 0.564. The van der Waals surface area contributed by atoms with Crippen LogP contribution in [0.5, 0.6) is 0 Å². The zero-order valence-corrected chi connectivity index (χ0v) is 14.5. The van der Waals surface area contributed by atoms with Crippen LogP contribution in [0.3, 0.4) is 0 Å². The molecular formula is C16H27ClN2S. The first kappa shape index (κ1) is 16.3. The number of thiophene rings is 1. The number of nitrogens with zero attached hydrogens (tertiary/aromatic N) is 1. The molecule has 1 aliphatic rings. The smallest absolute Gasteiger partial charge is 0.0931 e. The molecule has 1 saturated carbocycles. The molecule has 1 aromatic heterocycles. The molecule has 1 aliphatic carbocycles. The average molecular weight is 315 g/mol. The van der Waals surface area contributed by atoms with Crippen LogP contribution in [0.25, 0.3) is 0 Å². The highest BCUT2D eigenvalue weighted by atomic mass is 35.5. The van der Waals surface area contributed by atoms with E-state index in [9.17, 15) is 0 Å². The second kappa shape index (κ2) is 7.26. The third kappa shape index (κ3) is 5.03. The number of hydrogen-bond donors (Lipinski definition) is 1. The van der Waals surface area contributed by atoms with Crippen LogP contribution in [0.2, 0.25) is 4.34 Å². The molecule has 0 saturated heterocycles. The molecular weight excluding hydrogens is 288 g/mol. The maximum absolute atomic E-state index is 5.93. The second-order valence-corrected chi connectivity index (χ2v) is 8.56. The molecule has 1 aromatic rings. The van der Waals surface area contributed by atoms with Crippen molar-refractivity contribution in [1.29, 1.82) is 0 Å². The summed E-state index contributed by atoms with van der Waals surface area (Å²) in [5.41, 5.74) is 0.564. The molecule has 2 nitrogen and oxygen atoms in total. The van der Waals surface area contributed by atoms with E-state index in [1.165, 1.54) is 30.6 Å². The lowest BCUT2D eigenvalue weighted by atomic mass is 9.75. The van der Waals surface area contributed by atoms with Gasteiger partial charge in [-0.05, 0) is 50.3 Å². The molecule has 0 unspecified atom stereocenters. The molecule has 1 heterocycles. The van der Waals surface area contributed by atoms with Gasteiger partial charge in [0.25, 0.3) is 0 Å². The minimum Gasteiger partial charge on any atom is -0.311 e. The third-order valence-electron chi connectivity index (χ3n) is 4.50. The number of nitrogens with one attached hydrogen (secondary N) is 1. The first-order chi connectivity index (χ1) is 9.46. The Kier molecular flexibility index (Phi) is 5.91. The normalized spacial score (nSPS) is 19.6. The fourth-order valence-corrected chi connectivity index (χ4v) is 3.98. The standard InChI is InChI=1S/C16H27ClN2S/c1-16(2)8-6-13(7-9-16)19(3)11-10-18-12-14-4-5-15(17)20-14/h4-5,13,18H,6-12H2,1-3H3. The first-order valence-corrected chi connectivity index (χ1v) is 8.81. The molecule has 0 bridgehead atoms. The van der Waals surface area contributed by atoms with Crippen LogP contribution < -0.4 is 5.32 Å². The number of rotatable bonds is 6. The van der Waals surface area contributed by atoms with Gasteiger partial charge in [0.2, 0.25) is 0 Å². The highest BCUT2D eigenvalue weighted by molar-refractivity contribution is 7.16. The van der Waals surface area contributed by atoms with Crippen molar-refractivity contribution in [2.75, 3.05) is 20.1 Å². The average Bonchev–Trinajstić information content (AvgIpc) is 2.80. The summed E-state index contributed by atoms with van der Waals surface area (Å²) < 4.78 is 0.878. The topological polar surface area (TPSA) is 15.3 Å². The molecule has 0 atom stereocenters. The molecule has 0 aromatic carbocycles.